The molecule has 0 amide bonds. The van der Waals surface area contributed by atoms with E-state index in [0.717, 1.165) is 111 Å². The Kier molecular flexibility index (Phi) is 16.4. The van der Waals surface area contributed by atoms with Crippen LogP contribution in [0.25, 0.3) is 0 Å². The molecule has 6 rings (SSSR count). The quantitative estimate of drug-likeness (QED) is 0.0835. The molecule has 0 aliphatic heterocycles. The smallest absolute Gasteiger partial charge is 0.129 e. The zero-order valence-corrected chi connectivity index (χ0v) is 33.8. The first-order valence-electron chi connectivity index (χ1n) is 22.6. The van der Waals surface area contributed by atoms with Crippen LogP contribution in [0.3, 0.4) is 0 Å². The molecule has 304 valence electrons. The van der Waals surface area contributed by atoms with Gasteiger partial charge in [-0.15, -0.1) is 13.2 Å². The highest BCUT2D eigenvalue weighted by atomic mass is 19.1. The molecular formula is C50H70F4O. The molecule has 0 atom stereocenters. The zero-order chi connectivity index (χ0) is 38.6. The maximum atomic E-state index is 15.2. The van der Waals surface area contributed by atoms with Crippen molar-refractivity contribution in [3.05, 3.63) is 95.1 Å². The number of ether oxygens (including phenoxy) is 1. The van der Waals surface area contributed by atoms with Crippen molar-refractivity contribution in [2.24, 2.45) is 35.5 Å². The van der Waals surface area contributed by atoms with Gasteiger partial charge in [-0.3, -0.25) is 0 Å². The Morgan fingerprint density at radius 1 is 0.473 bits per heavy atom. The van der Waals surface area contributed by atoms with Crippen molar-refractivity contribution < 1.29 is 22.3 Å². The van der Waals surface area contributed by atoms with E-state index in [2.05, 4.69) is 13.2 Å². The van der Waals surface area contributed by atoms with Crippen LogP contribution < -0.4 is 0 Å². The van der Waals surface area contributed by atoms with Crippen molar-refractivity contribution in [2.75, 3.05) is 13.2 Å². The fraction of sp³-hybridized carbons (Fsp3) is 0.680. The van der Waals surface area contributed by atoms with Gasteiger partial charge in [-0.1, -0.05) is 50.7 Å². The van der Waals surface area contributed by atoms with Crippen LogP contribution in [-0.2, 0) is 17.6 Å². The summed E-state index contributed by atoms with van der Waals surface area (Å²) in [4.78, 5) is 0. The number of unbranched alkanes of at least 4 members (excludes halogenated alkanes) is 2. The number of benzene rings is 2. The van der Waals surface area contributed by atoms with Gasteiger partial charge >= 0.3 is 0 Å². The first-order chi connectivity index (χ1) is 26.8. The van der Waals surface area contributed by atoms with Crippen molar-refractivity contribution in [2.45, 2.75) is 166 Å². The van der Waals surface area contributed by atoms with E-state index in [0.29, 0.717) is 0 Å². The molecule has 4 saturated carbocycles. The molecule has 0 aromatic heterocycles. The van der Waals surface area contributed by atoms with E-state index >= 15 is 17.6 Å². The van der Waals surface area contributed by atoms with Crippen LogP contribution in [0.4, 0.5) is 17.6 Å². The number of rotatable bonds is 18. The van der Waals surface area contributed by atoms with E-state index in [-0.39, 0.29) is 49.0 Å². The summed E-state index contributed by atoms with van der Waals surface area (Å²) in [6, 6.07) is 6.15. The van der Waals surface area contributed by atoms with Gasteiger partial charge in [0.2, 0.25) is 0 Å². The van der Waals surface area contributed by atoms with Crippen molar-refractivity contribution in [1.82, 2.24) is 0 Å². The second kappa shape index (κ2) is 21.4. The highest BCUT2D eigenvalue weighted by Gasteiger charge is 2.33. The van der Waals surface area contributed by atoms with E-state index < -0.39 is 23.3 Å². The predicted molar refractivity (Wildman–Crippen MR) is 219 cm³/mol. The maximum Gasteiger partial charge on any atom is 0.129 e. The lowest BCUT2D eigenvalue weighted by molar-refractivity contribution is 0.137. The molecule has 0 heterocycles. The van der Waals surface area contributed by atoms with Gasteiger partial charge in [-0.25, -0.2) is 17.6 Å². The summed E-state index contributed by atoms with van der Waals surface area (Å²) >= 11 is 0. The molecule has 0 bridgehead atoms. The lowest BCUT2D eigenvalue weighted by Crippen LogP contribution is -2.25. The van der Waals surface area contributed by atoms with Crippen molar-refractivity contribution in [1.29, 1.82) is 0 Å². The first-order valence-corrected chi connectivity index (χ1v) is 22.6. The molecule has 0 radical (unpaired) electrons. The zero-order valence-electron chi connectivity index (χ0n) is 33.8. The van der Waals surface area contributed by atoms with E-state index in [1.807, 2.05) is 12.2 Å². The summed E-state index contributed by atoms with van der Waals surface area (Å²) in [5.74, 6) is 3.24. The number of hydrogen-bond donors (Lipinski definition) is 0. The van der Waals surface area contributed by atoms with Gasteiger partial charge in [0.25, 0.3) is 0 Å². The average Bonchev–Trinajstić information content (AvgIpc) is 3.20. The van der Waals surface area contributed by atoms with Crippen LogP contribution in [0.2, 0.25) is 0 Å². The normalized spacial score (nSPS) is 28.9. The van der Waals surface area contributed by atoms with Gasteiger partial charge in [0, 0.05) is 24.0 Å². The van der Waals surface area contributed by atoms with Crippen LogP contribution in [0.1, 0.15) is 175 Å². The molecule has 0 unspecified atom stereocenters. The first kappa shape index (κ1) is 42.2. The third kappa shape index (κ3) is 11.8. The fourth-order valence-corrected chi connectivity index (χ4v) is 11.5. The standard InChI is InChI=1S/C50H70F4O/c1-3-5-7-9-35-11-15-37(16-12-35)39-19-23-41(24-20-39)43-31-47(51)45(48(52)32-43)27-29-55-30-28-46-49(53)33-44(34-50(46)54)42-25-21-40(22-26-42)38-17-13-36(14-18-38)10-8-6-4-2/h3-4,31-42H,1-2,5-30H2. The molecule has 1 nitrogen and oxygen atoms in total. The van der Waals surface area contributed by atoms with E-state index in [1.165, 1.54) is 101 Å². The van der Waals surface area contributed by atoms with Crippen LogP contribution in [0, 0.1) is 58.8 Å². The second-order valence-electron chi connectivity index (χ2n) is 18.3. The average molecular weight is 763 g/mol. The molecule has 4 aliphatic carbocycles. The van der Waals surface area contributed by atoms with Crippen LogP contribution >= 0.6 is 0 Å². The molecule has 4 fully saturated rings. The lowest BCUT2D eigenvalue weighted by atomic mass is 9.68. The van der Waals surface area contributed by atoms with Crippen molar-refractivity contribution in [3.8, 4) is 0 Å². The van der Waals surface area contributed by atoms with E-state index in [4.69, 9.17) is 4.74 Å². The molecule has 0 saturated heterocycles. The Labute approximate surface area is 331 Å². The molecule has 2 aromatic rings. The predicted octanol–water partition coefficient (Wildman–Crippen LogP) is 14.9. The SMILES string of the molecule is C=CCCCC1CCC(C2CCC(c3cc(F)c(CCOCCc4c(F)cc(C5CCC(C6CCC(CCCC=C)CC6)CC5)cc4F)c(F)c3)CC2)CC1. The molecule has 0 N–H and O–H groups in total. The molecule has 5 heteroatoms. The molecule has 2 aromatic carbocycles. The fourth-order valence-electron chi connectivity index (χ4n) is 11.5. The number of allylic oxidation sites excluding steroid dienone is 2. The highest BCUT2D eigenvalue weighted by molar-refractivity contribution is 5.30. The van der Waals surface area contributed by atoms with Gasteiger partial charge in [0.05, 0.1) is 13.2 Å². The Morgan fingerprint density at radius 2 is 0.782 bits per heavy atom. The van der Waals surface area contributed by atoms with Gasteiger partial charge in [-0.2, -0.15) is 0 Å². The molecule has 55 heavy (non-hydrogen) atoms. The van der Waals surface area contributed by atoms with Crippen LogP contribution in [0.15, 0.2) is 49.6 Å². The van der Waals surface area contributed by atoms with Crippen molar-refractivity contribution >= 4 is 0 Å². The lowest BCUT2D eigenvalue weighted by Gasteiger charge is -2.38. The van der Waals surface area contributed by atoms with E-state index in [9.17, 15) is 0 Å². The van der Waals surface area contributed by atoms with Gasteiger partial charge < -0.3 is 4.74 Å². The summed E-state index contributed by atoms with van der Waals surface area (Å²) in [5, 5.41) is 0. The third-order valence-corrected chi connectivity index (χ3v) is 15.0. The van der Waals surface area contributed by atoms with Crippen molar-refractivity contribution in [3.63, 3.8) is 0 Å². The highest BCUT2D eigenvalue weighted by Crippen LogP contribution is 2.46. The topological polar surface area (TPSA) is 9.23 Å². The largest absolute Gasteiger partial charge is 0.381 e. The minimum atomic E-state index is -0.514. The Balaban J connectivity index is 0.889. The van der Waals surface area contributed by atoms with Crippen LogP contribution in [0.5, 0.6) is 0 Å². The number of halogens is 4. The van der Waals surface area contributed by atoms with Gasteiger partial charge in [-0.05, 0) is 185 Å². The Morgan fingerprint density at radius 3 is 1.09 bits per heavy atom. The van der Waals surface area contributed by atoms with Gasteiger partial charge in [0.15, 0.2) is 0 Å². The second-order valence-corrected chi connectivity index (χ2v) is 18.3. The summed E-state index contributed by atoms with van der Waals surface area (Å²) in [6.07, 6.45) is 31.0. The minimum absolute atomic E-state index is 0.0330. The van der Waals surface area contributed by atoms with Gasteiger partial charge in [0.1, 0.15) is 23.3 Å². The summed E-state index contributed by atoms with van der Waals surface area (Å²) in [5.41, 5.74) is 1.62. The van der Waals surface area contributed by atoms with E-state index in [1.54, 1.807) is 0 Å². The van der Waals surface area contributed by atoms with Crippen LogP contribution in [-0.4, -0.2) is 13.2 Å². The summed E-state index contributed by atoms with van der Waals surface area (Å²) in [7, 11) is 0. The Bertz CT molecular complexity index is 1330. The molecule has 0 spiro atoms. The summed E-state index contributed by atoms with van der Waals surface area (Å²) in [6.45, 7) is 7.88. The Hall–Kier alpha value is -2.40. The monoisotopic (exact) mass is 763 g/mol. The molecule has 4 aliphatic rings. The number of hydrogen-bond acceptors (Lipinski definition) is 1. The maximum absolute atomic E-state index is 15.2. The molecular weight excluding hydrogens is 693 g/mol. The third-order valence-electron chi connectivity index (χ3n) is 15.0. The minimum Gasteiger partial charge on any atom is -0.381 e. The summed E-state index contributed by atoms with van der Waals surface area (Å²) < 4.78 is 66.6.